The molecule has 0 saturated carbocycles. The molecular weight excluding hydrogens is 324 g/mol. The number of aromatic nitrogens is 3. The van der Waals surface area contributed by atoms with E-state index in [9.17, 15) is 0 Å². The van der Waals surface area contributed by atoms with E-state index in [-0.39, 0.29) is 5.54 Å². The molecule has 0 bridgehead atoms. The predicted molar refractivity (Wildman–Crippen MR) is 100 cm³/mol. The number of nitriles is 1. The molecule has 26 heavy (non-hydrogen) atoms. The van der Waals surface area contributed by atoms with Crippen molar-refractivity contribution in [3.05, 3.63) is 41.2 Å². The number of aromatic amines is 2. The average Bonchev–Trinajstić information content (AvgIpc) is 3.32. The molecule has 1 fully saturated rings. The monoisotopic (exact) mass is 352 g/mol. The molecule has 2 aliphatic rings. The lowest BCUT2D eigenvalue weighted by Gasteiger charge is -2.50. The summed E-state index contributed by atoms with van der Waals surface area (Å²) in [5.74, 6) is 0. The number of hydrogen-bond donors (Lipinski definition) is 2. The van der Waals surface area contributed by atoms with Crippen LogP contribution in [-0.4, -0.2) is 50.9 Å². The predicted octanol–water partition coefficient (Wildman–Crippen LogP) is 2.76. The molecule has 0 radical (unpaired) electrons. The van der Waals surface area contributed by atoms with Gasteiger partial charge >= 0.3 is 0 Å². The number of nitrogens with one attached hydrogen (secondary N) is 2. The maximum atomic E-state index is 8.99. The number of piperidine rings is 1. The van der Waals surface area contributed by atoms with Crippen LogP contribution in [0, 0.1) is 11.3 Å². The van der Waals surface area contributed by atoms with Gasteiger partial charge < -0.3 is 9.97 Å². The highest BCUT2D eigenvalue weighted by atomic mass is 15.3. The van der Waals surface area contributed by atoms with Crippen molar-refractivity contribution in [2.45, 2.75) is 51.1 Å². The molecule has 4 rings (SSSR count). The summed E-state index contributed by atoms with van der Waals surface area (Å²) in [6.07, 6.45) is 9.68. The molecule has 0 unspecified atom stereocenters. The van der Waals surface area contributed by atoms with E-state index in [4.69, 9.17) is 10.2 Å². The summed E-state index contributed by atoms with van der Waals surface area (Å²) < 4.78 is 0. The largest absolute Gasteiger partial charge is 0.353 e. The van der Waals surface area contributed by atoms with Crippen molar-refractivity contribution < 1.29 is 0 Å². The maximum absolute atomic E-state index is 8.99. The van der Waals surface area contributed by atoms with Gasteiger partial charge in [-0.05, 0) is 37.4 Å². The second-order valence-corrected chi connectivity index (χ2v) is 7.66. The Balaban J connectivity index is 1.49. The molecule has 0 atom stereocenters. The number of likely N-dealkylation sites (tertiary alicyclic amines) is 1. The van der Waals surface area contributed by atoms with E-state index in [1.165, 1.54) is 36.3 Å². The van der Waals surface area contributed by atoms with E-state index in [2.05, 4.69) is 32.8 Å². The van der Waals surface area contributed by atoms with Gasteiger partial charge in [-0.1, -0.05) is 13.3 Å². The van der Waals surface area contributed by atoms with Crippen LogP contribution in [0.5, 0.6) is 0 Å². The number of rotatable bonds is 5. The maximum Gasteiger partial charge on any atom is 0.117 e. The lowest BCUT2D eigenvalue weighted by atomic mass is 9.78. The van der Waals surface area contributed by atoms with Crippen LogP contribution in [0.2, 0.25) is 0 Å². The van der Waals surface area contributed by atoms with Crippen molar-refractivity contribution in [1.82, 2.24) is 24.8 Å². The highest BCUT2D eigenvalue weighted by Gasteiger charge is 2.46. The quantitative estimate of drug-likeness (QED) is 0.868. The number of fused-ring (bicyclic) bond motifs is 2. The summed E-state index contributed by atoms with van der Waals surface area (Å²) in [6, 6.07) is 4.13. The van der Waals surface area contributed by atoms with Crippen LogP contribution in [0.4, 0.5) is 0 Å². The molecule has 0 aromatic carbocycles. The zero-order valence-corrected chi connectivity index (χ0v) is 15.6. The highest BCUT2D eigenvalue weighted by molar-refractivity contribution is 5.28. The van der Waals surface area contributed by atoms with Gasteiger partial charge in [-0.2, -0.15) is 5.26 Å². The van der Waals surface area contributed by atoms with E-state index >= 15 is 0 Å². The SMILES string of the molecule is CCCCN1CCc2[nH]cnc2C12CCN(Cc1c[nH]c(C#N)c1)CC2. The fraction of sp³-hybridized carbons (Fsp3) is 0.600. The number of H-pyrrole nitrogens is 2. The van der Waals surface area contributed by atoms with Crippen LogP contribution in [0.1, 0.15) is 55.3 Å². The number of nitrogens with zero attached hydrogens (tertiary/aromatic N) is 4. The molecule has 4 heterocycles. The molecule has 6 heteroatoms. The minimum Gasteiger partial charge on any atom is -0.353 e. The van der Waals surface area contributed by atoms with Crippen molar-refractivity contribution >= 4 is 0 Å². The molecule has 2 aromatic heterocycles. The van der Waals surface area contributed by atoms with Gasteiger partial charge in [-0.25, -0.2) is 4.98 Å². The summed E-state index contributed by atoms with van der Waals surface area (Å²) in [4.78, 5) is 16.4. The standard InChI is InChI=1S/C20H28N6/c1-2-3-7-26-8-4-18-19(24-15-23-18)20(26)5-9-25(10-6-20)14-16-11-17(12-21)22-13-16/h11,13,15,22H,2-10,14H2,1H3,(H,23,24). The Kier molecular flexibility index (Phi) is 4.84. The summed E-state index contributed by atoms with van der Waals surface area (Å²) in [7, 11) is 0. The lowest BCUT2D eigenvalue weighted by molar-refractivity contribution is 0.00266. The minimum atomic E-state index is 0.106. The van der Waals surface area contributed by atoms with Gasteiger partial charge in [0.25, 0.3) is 0 Å². The topological polar surface area (TPSA) is 74.7 Å². The molecule has 1 saturated heterocycles. The van der Waals surface area contributed by atoms with E-state index < -0.39 is 0 Å². The lowest BCUT2D eigenvalue weighted by Crippen LogP contribution is -2.56. The number of imidazole rings is 1. The van der Waals surface area contributed by atoms with E-state index in [1.807, 2.05) is 18.6 Å². The van der Waals surface area contributed by atoms with E-state index in [1.54, 1.807) is 0 Å². The molecule has 2 aliphatic heterocycles. The van der Waals surface area contributed by atoms with Crippen molar-refractivity contribution in [3.63, 3.8) is 0 Å². The van der Waals surface area contributed by atoms with Crippen LogP contribution in [0.3, 0.4) is 0 Å². The summed E-state index contributed by atoms with van der Waals surface area (Å²) in [5, 5.41) is 8.99. The Morgan fingerprint density at radius 3 is 2.85 bits per heavy atom. The first-order valence-corrected chi connectivity index (χ1v) is 9.82. The van der Waals surface area contributed by atoms with Gasteiger partial charge in [0, 0.05) is 44.5 Å². The van der Waals surface area contributed by atoms with E-state index in [0.29, 0.717) is 5.69 Å². The van der Waals surface area contributed by atoms with Crippen molar-refractivity contribution in [3.8, 4) is 6.07 Å². The highest BCUT2D eigenvalue weighted by Crippen LogP contribution is 2.42. The van der Waals surface area contributed by atoms with Gasteiger partial charge in [0.15, 0.2) is 0 Å². The second kappa shape index (κ2) is 7.26. The third-order valence-electron chi connectivity index (χ3n) is 6.13. The van der Waals surface area contributed by atoms with Crippen LogP contribution in [0.25, 0.3) is 0 Å². The molecule has 2 aromatic rings. The van der Waals surface area contributed by atoms with Crippen LogP contribution in [0.15, 0.2) is 18.6 Å². The molecule has 0 amide bonds. The Labute approximate surface area is 155 Å². The molecule has 0 aliphatic carbocycles. The molecule has 1 spiro atoms. The van der Waals surface area contributed by atoms with Crippen molar-refractivity contribution in [2.75, 3.05) is 26.2 Å². The fourth-order valence-electron chi connectivity index (χ4n) is 4.69. The first kappa shape index (κ1) is 17.3. The fourth-order valence-corrected chi connectivity index (χ4v) is 4.69. The zero-order valence-electron chi connectivity index (χ0n) is 15.6. The third-order valence-corrected chi connectivity index (χ3v) is 6.13. The van der Waals surface area contributed by atoms with Crippen LogP contribution in [-0.2, 0) is 18.5 Å². The Hall–Kier alpha value is -2.10. The Bertz CT molecular complexity index is 774. The molecule has 6 nitrogen and oxygen atoms in total. The summed E-state index contributed by atoms with van der Waals surface area (Å²) >= 11 is 0. The summed E-state index contributed by atoms with van der Waals surface area (Å²) in [5.41, 5.74) is 4.59. The Morgan fingerprint density at radius 1 is 1.27 bits per heavy atom. The number of hydrogen-bond acceptors (Lipinski definition) is 4. The molecular formula is C20H28N6. The van der Waals surface area contributed by atoms with Crippen molar-refractivity contribution in [1.29, 1.82) is 5.26 Å². The first-order chi connectivity index (χ1) is 12.7. The smallest absolute Gasteiger partial charge is 0.117 e. The average molecular weight is 352 g/mol. The van der Waals surface area contributed by atoms with E-state index in [0.717, 1.165) is 45.4 Å². The van der Waals surface area contributed by atoms with Crippen molar-refractivity contribution in [2.24, 2.45) is 0 Å². The normalized spacial score (nSPS) is 20.2. The molecule has 2 N–H and O–H groups in total. The summed E-state index contributed by atoms with van der Waals surface area (Å²) in [6.45, 7) is 7.64. The Morgan fingerprint density at radius 2 is 2.12 bits per heavy atom. The van der Waals surface area contributed by atoms with Gasteiger partial charge in [0.05, 0.1) is 17.6 Å². The van der Waals surface area contributed by atoms with Crippen LogP contribution >= 0.6 is 0 Å². The van der Waals surface area contributed by atoms with Gasteiger partial charge in [0.1, 0.15) is 11.8 Å². The second-order valence-electron chi connectivity index (χ2n) is 7.66. The van der Waals surface area contributed by atoms with Crippen LogP contribution < -0.4 is 0 Å². The zero-order chi connectivity index (χ0) is 18.0. The van der Waals surface area contributed by atoms with Gasteiger partial charge in [-0.3, -0.25) is 9.80 Å². The minimum absolute atomic E-state index is 0.106. The first-order valence-electron chi connectivity index (χ1n) is 9.82. The molecule has 138 valence electrons. The van der Waals surface area contributed by atoms with Gasteiger partial charge in [-0.15, -0.1) is 0 Å². The third kappa shape index (κ3) is 3.06. The van der Waals surface area contributed by atoms with Gasteiger partial charge in [0.2, 0.25) is 0 Å². The number of unbranched alkanes of at least 4 members (excludes halogenated alkanes) is 1.